The Morgan fingerprint density at radius 2 is 2.07 bits per heavy atom. The highest BCUT2D eigenvalue weighted by Crippen LogP contribution is 2.42. The predicted molar refractivity (Wildman–Crippen MR) is 55.3 cm³/mol. The highest BCUT2D eigenvalue weighted by Gasteiger charge is 2.65. The summed E-state index contributed by atoms with van der Waals surface area (Å²) in [5, 5.41) is 0. The summed E-state index contributed by atoms with van der Waals surface area (Å²) in [6.45, 7) is 8.60. The molecule has 0 aromatic heterocycles. The summed E-state index contributed by atoms with van der Waals surface area (Å²) in [5.41, 5.74) is 0. The second kappa shape index (κ2) is 4.94. The molecular formula is C11H20O4. The average Bonchev–Trinajstić information content (AvgIpc) is 2.80. The van der Waals surface area contributed by atoms with Gasteiger partial charge in [-0.2, -0.15) is 0 Å². The standard InChI is InChI=1S/C11H20O4/c1-5-13-10(12)11(14-6-2)9(15-11)7-8(3)4/h8-9H,5-7H2,1-4H3. The van der Waals surface area contributed by atoms with E-state index < -0.39 is 11.8 Å². The van der Waals surface area contributed by atoms with Crippen LogP contribution in [0.1, 0.15) is 34.1 Å². The Balaban J connectivity index is 2.56. The molecule has 2 unspecified atom stereocenters. The van der Waals surface area contributed by atoms with Gasteiger partial charge in [-0.3, -0.25) is 0 Å². The largest absolute Gasteiger partial charge is 0.462 e. The molecule has 2 atom stereocenters. The quantitative estimate of drug-likeness (QED) is 0.501. The minimum absolute atomic E-state index is 0.142. The highest BCUT2D eigenvalue weighted by molar-refractivity contribution is 5.81. The van der Waals surface area contributed by atoms with Crippen LogP contribution in [0.4, 0.5) is 0 Å². The maximum atomic E-state index is 11.6. The van der Waals surface area contributed by atoms with E-state index in [9.17, 15) is 4.79 Å². The van der Waals surface area contributed by atoms with Crippen molar-refractivity contribution >= 4 is 5.97 Å². The Kier molecular flexibility index (Phi) is 4.11. The molecule has 0 radical (unpaired) electrons. The highest BCUT2D eigenvalue weighted by atomic mass is 16.8. The molecule has 1 heterocycles. The topological polar surface area (TPSA) is 48.1 Å². The lowest BCUT2D eigenvalue weighted by Crippen LogP contribution is -2.33. The monoisotopic (exact) mass is 216 g/mol. The molecule has 0 aliphatic carbocycles. The molecule has 0 N–H and O–H groups in total. The fraction of sp³-hybridized carbons (Fsp3) is 0.909. The molecule has 1 fully saturated rings. The molecule has 4 nitrogen and oxygen atoms in total. The lowest BCUT2D eigenvalue weighted by atomic mass is 10.1. The zero-order valence-corrected chi connectivity index (χ0v) is 9.91. The van der Waals surface area contributed by atoms with Gasteiger partial charge in [0.25, 0.3) is 5.79 Å². The van der Waals surface area contributed by atoms with Crippen molar-refractivity contribution < 1.29 is 19.0 Å². The molecule has 4 heteroatoms. The summed E-state index contributed by atoms with van der Waals surface area (Å²) < 4.78 is 15.7. The van der Waals surface area contributed by atoms with Crippen molar-refractivity contribution in [2.45, 2.75) is 46.0 Å². The molecule has 1 aliphatic rings. The summed E-state index contributed by atoms with van der Waals surface area (Å²) in [7, 11) is 0. The van der Waals surface area contributed by atoms with Crippen LogP contribution in [0.5, 0.6) is 0 Å². The lowest BCUT2D eigenvalue weighted by molar-refractivity contribution is -0.170. The number of epoxide rings is 1. The predicted octanol–water partition coefficient (Wildman–Crippen LogP) is 1.73. The van der Waals surface area contributed by atoms with Gasteiger partial charge in [0.1, 0.15) is 6.10 Å². The van der Waals surface area contributed by atoms with Crippen molar-refractivity contribution in [2.24, 2.45) is 5.92 Å². The number of hydrogen-bond donors (Lipinski definition) is 0. The summed E-state index contributed by atoms with van der Waals surface area (Å²) >= 11 is 0. The van der Waals surface area contributed by atoms with Crippen molar-refractivity contribution in [3.63, 3.8) is 0 Å². The summed E-state index contributed by atoms with van der Waals surface area (Å²) in [4.78, 5) is 11.6. The number of rotatable bonds is 6. The third-order valence-corrected chi connectivity index (χ3v) is 2.29. The van der Waals surface area contributed by atoms with Crippen LogP contribution in [0.3, 0.4) is 0 Å². The van der Waals surface area contributed by atoms with Crippen molar-refractivity contribution in [3.05, 3.63) is 0 Å². The van der Waals surface area contributed by atoms with Gasteiger partial charge in [-0.05, 0) is 26.2 Å². The normalized spacial score (nSPS) is 29.3. The smallest absolute Gasteiger partial charge is 0.369 e. The molecule has 0 aromatic rings. The Hall–Kier alpha value is -0.610. The van der Waals surface area contributed by atoms with Crippen LogP contribution in [0.2, 0.25) is 0 Å². The minimum atomic E-state index is -1.10. The number of carbonyl (C=O) groups excluding carboxylic acids is 1. The van der Waals surface area contributed by atoms with E-state index in [0.717, 1.165) is 6.42 Å². The molecule has 15 heavy (non-hydrogen) atoms. The van der Waals surface area contributed by atoms with Crippen molar-refractivity contribution in [3.8, 4) is 0 Å². The first kappa shape index (κ1) is 12.5. The number of esters is 1. The molecule has 0 amide bonds. The fourth-order valence-corrected chi connectivity index (χ4v) is 1.62. The molecule has 1 aliphatic heterocycles. The SMILES string of the molecule is CCOC(=O)C1(OCC)OC1CC(C)C. The number of ether oxygens (including phenoxy) is 3. The van der Waals surface area contributed by atoms with E-state index >= 15 is 0 Å². The molecule has 0 spiro atoms. The van der Waals surface area contributed by atoms with Gasteiger partial charge in [-0.25, -0.2) is 4.79 Å². The summed E-state index contributed by atoms with van der Waals surface area (Å²) in [6.07, 6.45) is 0.676. The van der Waals surface area contributed by atoms with E-state index in [4.69, 9.17) is 14.2 Å². The van der Waals surface area contributed by atoms with Gasteiger partial charge in [0.15, 0.2) is 0 Å². The van der Waals surface area contributed by atoms with Gasteiger partial charge in [-0.15, -0.1) is 0 Å². The third-order valence-electron chi connectivity index (χ3n) is 2.29. The Morgan fingerprint density at radius 1 is 1.40 bits per heavy atom. The van der Waals surface area contributed by atoms with Crippen molar-refractivity contribution in [1.82, 2.24) is 0 Å². The average molecular weight is 216 g/mol. The molecular weight excluding hydrogens is 196 g/mol. The van der Waals surface area contributed by atoms with Crippen LogP contribution in [0.15, 0.2) is 0 Å². The Morgan fingerprint density at radius 3 is 2.53 bits per heavy atom. The van der Waals surface area contributed by atoms with E-state index in [1.807, 2.05) is 6.92 Å². The van der Waals surface area contributed by atoms with Gasteiger partial charge in [0.2, 0.25) is 0 Å². The third kappa shape index (κ3) is 2.69. The Bertz CT molecular complexity index is 227. The number of hydrogen-bond acceptors (Lipinski definition) is 4. The first-order chi connectivity index (χ1) is 7.06. The van der Waals surface area contributed by atoms with Gasteiger partial charge >= 0.3 is 5.97 Å². The van der Waals surface area contributed by atoms with E-state index in [1.165, 1.54) is 0 Å². The van der Waals surface area contributed by atoms with Gasteiger partial charge in [0, 0.05) is 6.61 Å². The first-order valence-electron chi connectivity index (χ1n) is 5.55. The molecule has 1 rings (SSSR count). The molecule has 0 aromatic carbocycles. The lowest BCUT2D eigenvalue weighted by Gasteiger charge is -2.11. The van der Waals surface area contributed by atoms with Crippen LogP contribution in [-0.4, -0.2) is 31.1 Å². The summed E-state index contributed by atoms with van der Waals surface area (Å²) in [5.74, 6) is -1.01. The minimum Gasteiger partial charge on any atom is -0.462 e. The first-order valence-corrected chi connectivity index (χ1v) is 5.55. The zero-order valence-electron chi connectivity index (χ0n) is 9.91. The molecule has 1 saturated heterocycles. The molecule has 88 valence electrons. The van der Waals surface area contributed by atoms with Crippen LogP contribution >= 0.6 is 0 Å². The Labute approximate surface area is 90.9 Å². The van der Waals surface area contributed by atoms with Gasteiger partial charge in [-0.1, -0.05) is 13.8 Å². The van der Waals surface area contributed by atoms with Gasteiger partial charge in [0.05, 0.1) is 6.61 Å². The molecule has 0 saturated carbocycles. The zero-order chi connectivity index (χ0) is 11.5. The van der Waals surface area contributed by atoms with Crippen molar-refractivity contribution in [2.75, 3.05) is 13.2 Å². The van der Waals surface area contributed by atoms with E-state index in [1.54, 1.807) is 6.92 Å². The van der Waals surface area contributed by atoms with Crippen LogP contribution < -0.4 is 0 Å². The van der Waals surface area contributed by atoms with Crippen LogP contribution in [0, 0.1) is 5.92 Å². The fourth-order valence-electron chi connectivity index (χ4n) is 1.62. The van der Waals surface area contributed by atoms with Gasteiger partial charge < -0.3 is 14.2 Å². The van der Waals surface area contributed by atoms with Crippen LogP contribution in [0.25, 0.3) is 0 Å². The second-order valence-corrected chi connectivity index (χ2v) is 4.06. The maximum Gasteiger partial charge on any atom is 0.369 e. The van der Waals surface area contributed by atoms with E-state index in [-0.39, 0.29) is 6.10 Å². The van der Waals surface area contributed by atoms with Crippen molar-refractivity contribution in [1.29, 1.82) is 0 Å². The number of carbonyl (C=O) groups is 1. The second-order valence-electron chi connectivity index (χ2n) is 4.06. The van der Waals surface area contributed by atoms with E-state index in [0.29, 0.717) is 19.1 Å². The van der Waals surface area contributed by atoms with Crippen LogP contribution in [-0.2, 0) is 19.0 Å². The van der Waals surface area contributed by atoms with E-state index in [2.05, 4.69) is 13.8 Å². The summed E-state index contributed by atoms with van der Waals surface area (Å²) in [6, 6.07) is 0. The molecule has 0 bridgehead atoms. The maximum absolute atomic E-state index is 11.6.